The molecule has 1 saturated heterocycles. The molecule has 2 aromatic carbocycles. The number of carbonyl (C=O) groups is 2. The molecule has 1 aliphatic heterocycles. The highest BCUT2D eigenvalue weighted by Gasteiger charge is 2.21. The maximum Gasteiger partial charge on any atom is 0.251 e. The van der Waals surface area contributed by atoms with Gasteiger partial charge in [-0.1, -0.05) is 35.9 Å². The summed E-state index contributed by atoms with van der Waals surface area (Å²) in [6.07, 6.45) is 2.90. The first kappa shape index (κ1) is 22.2. The SMILES string of the molecule is O=C(NCCCC(=O)N1CCN(Cc2cccc3cccnc23)CC1)c1ccc(Cl)cc1. The van der Waals surface area contributed by atoms with E-state index in [1.165, 1.54) is 5.56 Å². The number of amides is 2. The van der Waals surface area contributed by atoms with E-state index in [9.17, 15) is 9.59 Å². The Balaban J connectivity index is 1.18. The second kappa shape index (κ2) is 10.6. The molecule has 0 unspecified atom stereocenters. The van der Waals surface area contributed by atoms with E-state index >= 15 is 0 Å². The highest BCUT2D eigenvalue weighted by Crippen LogP contribution is 2.18. The summed E-state index contributed by atoms with van der Waals surface area (Å²) in [5.74, 6) is 0.00266. The van der Waals surface area contributed by atoms with Crippen molar-refractivity contribution in [3.05, 3.63) is 76.9 Å². The molecule has 3 aromatic rings. The van der Waals surface area contributed by atoms with Crippen LogP contribution in [0, 0.1) is 0 Å². The average Bonchev–Trinajstić information content (AvgIpc) is 2.83. The van der Waals surface area contributed by atoms with Gasteiger partial charge in [0.15, 0.2) is 0 Å². The molecule has 1 fully saturated rings. The number of pyridine rings is 1. The Bertz CT molecular complexity index is 1070. The molecule has 166 valence electrons. The number of nitrogens with zero attached hydrogens (tertiary/aromatic N) is 3. The number of fused-ring (bicyclic) bond motifs is 1. The van der Waals surface area contributed by atoms with Crippen molar-refractivity contribution in [3.63, 3.8) is 0 Å². The molecule has 2 amide bonds. The largest absolute Gasteiger partial charge is 0.352 e. The maximum atomic E-state index is 12.6. The van der Waals surface area contributed by atoms with Crippen LogP contribution in [0.1, 0.15) is 28.8 Å². The van der Waals surface area contributed by atoms with E-state index in [0.29, 0.717) is 30.0 Å². The van der Waals surface area contributed by atoms with Crippen molar-refractivity contribution in [1.82, 2.24) is 20.1 Å². The zero-order valence-corrected chi connectivity index (χ0v) is 18.7. The van der Waals surface area contributed by atoms with Gasteiger partial charge in [-0.2, -0.15) is 0 Å². The number of aromatic nitrogens is 1. The van der Waals surface area contributed by atoms with Crippen LogP contribution in [0.2, 0.25) is 5.02 Å². The molecule has 1 aliphatic rings. The zero-order chi connectivity index (χ0) is 22.3. The summed E-state index contributed by atoms with van der Waals surface area (Å²) >= 11 is 5.84. The lowest BCUT2D eigenvalue weighted by atomic mass is 10.1. The molecule has 0 saturated carbocycles. The van der Waals surface area contributed by atoms with Crippen molar-refractivity contribution in [2.75, 3.05) is 32.7 Å². The second-order valence-electron chi connectivity index (χ2n) is 8.02. The summed E-state index contributed by atoms with van der Waals surface area (Å²) in [6.45, 7) is 4.47. The Morgan fingerprint density at radius 3 is 2.50 bits per heavy atom. The van der Waals surface area contributed by atoms with Crippen molar-refractivity contribution in [2.45, 2.75) is 19.4 Å². The molecule has 6 nitrogen and oxygen atoms in total. The number of nitrogens with one attached hydrogen (secondary N) is 1. The summed E-state index contributed by atoms with van der Waals surface area (Å²) in [6, 6.07) is 17.1. The molecular weight excluding hydrogens is 424 g/mol. The molecule has 4 rings (SSSR count). The fraction of sp³-hybridized carbons (Fsp3) is 0.320. The van der Waals surface area contributed by atoms with E-state index in [0.717, 1.165) is 43.6 Å². The lowest BCUT2D eigenvalue weighted by molar-refractivity contribution is -0.133. The molecule has 1 N–H and O–H groups in total. The summed E-state index contributed by atoms with van der Waals surface area (Å²) in [5, 5.41) is 4.61. The van der Waals surface area contributed by atoms with Gasteiger partial charge in [0.1, 0.15) is 0 Å². The van der Waals surface area contributed by atoms with Crippen LogP contribution < -0.4 is 5.32 Å². The van der Waals surface area contributed by atoms with Crippen LogP contribution in [0.4, 0.5) is 0 Å². The van der Waals surface area contributed by atoms with Crippen LogP contribution in [-0.4, -0.2) is 59.3 Å². The minimum absolute atomic E-state index is 0.148. The summed E-state index contributed by atoms with van der Waals surface area (Å²) in [5.41, 5.74) is 2.84. The Hall–Kier alpha value is -2.96. The van der Waals surface area contributed by atoms with E-state index in [1.807, 2.05) is 17.2 Å². The molecule has 1 aromatic heterocycles. The molecule has 0 bridgehead atoms. The molecule has 32 heavy (non-hydrogen) atoms. The van der Waals surface area contributed by atoms with Gasteiger partial charge in [0.2, 0.25) is 5.91 Å². The number of para-hydroxylation sites is 1. The lowest BCUT2D eigenvalue weighted by Gasteiger charge is -2.35. The fourth-order valence-electron chi connectivity index (χ4n) is 3.99. The number of halogens is 1. The average molecular weight is 451 g/mol. The summed E-state index contributed by atoms with van der Waals surface area (Å²) < 4.78 is 0. The summed E-state index contributed by atoms with van der Waals surface area (Å²) in [4.78, 5) is 33.5. The van der Waals surface area contributed by atoms with Gasteiger partial charge in [-0.05, 0) is 42.3 Å². The highest BCUT2D eigenvalue weighted by atomic mass is 35.5. The minimum atomic E-state index is -0.148. The minimum Gasteiger partial charge on any atom is -0.352 e. The smallest absolute Gasteiger partial charge is 0.251 e. The van der Waals surface area contributed by atoms with Crippen molar-refractivity contribution < 1.29 is 9.59 Å². The monoisotopic (exact) mass is 450 g/mol. The first-order valence-electron chi connectivity index (χ1n) is 11.0. The first-order chi connectivity index (χ1) is 15.6. The normalized spacial score (nSPS) is 14.5. The predicted molar refractivity (Wildman–Crippen MR) is 127 cm³/mol. The van der Waals surface area contributed by atoms with Crippen molar-refractivity contribution >= 4 is 34.3 Å². The van der Waals surface area contributed by atoms with Gasteiger partial charge in [0, 0.05) is 67.9 Å². The van der Waals surface area contributed by atoms with E-state index in [-0.39, 0.29) is 11.8 Å². The standard InChI is InChI=1S/C25H27ClN4O2/c26-22-10-8-20(9-11-22)25(32)28-13-3-7-23(31)30-16-14-29(15-17-30)18-21-5-1-4-19-6-2-12-27-24(19)21/h1-2,4-6,8-12H,3,7,13-18H2,(H,28,32). The van der Waals surface area contributed by atoms with E-state index in [2.05, 4.69) is 39.5 Å². The van der Waals surface area contributed by atoms with Crippen molar-refractivity contribution in [1.29, 1.82) is 0 Å². The number of benzene rings is 2. The third-order valence-electron chi connectivity index (χ3n) is 5.79. The number of carbonyl (C=O) groups excluding carboxylic acids is 2. The lowest BCUT2D eigenvalue weighted by Crippen LogP contribution is -2.48. The molecule has 2 heterocycles. The highest BCUT2D eigenvalue weighted by molar-refractivity contribution is 6.30. The Labute approximate surface area is 193 Å². The predicted octanol–water partition coefficient (Wildman–Crippen LogP) is 3.74. The van der Waals surface area contributed by atoms with Crippen LogP contribution in [-0.2, 0) is 11.3 Å². The van der Waals surface area contributed by atoms with Crippen LogP contribution in [0.15, 0.2) is 60.8 Å². The van der Waals surface area contributed by atoms with E-state index in [1.54, 1.807) is 24.3 Å². The molecule has 0 atom stereocenters. The van der Waals surface area contributed by atoms with Gasteiger partial charge in [0.25, 0.3) is 5.91 Å². The van der Waals surface area contributed by atoms with Crippen LogP contribution in [0.3, 0.4) is 0 Å². The quantitative estimate of drug-likeness (QED) is 0.557. The number of hydrogen-bond acceptors (Lipinski definition) is 4. The van der Waals surface area contributed by atoms with Crippen LogP contribution in [0.25, 0.3) is 10.9 Å². The number of piperazine rings is 1. The van der Waals surface area contributed by atoms with Crippen molar-refractivity contribution in [3.8, 4) is 0 Å². The first-order valence-corrected chi connectivity index (χ1v) is 11.3. The van der Waals surface area contributed by atoms with Gasteiger partial charge in [0.05, 0.1) is 5.52 Å². The third-order valence-corrected chi connectivity index (χ3v) is 6.05. The molecule has 0 aliphatic carbocycles. The van der Waals surface area contributed by atoms with Crippen LogP contribution in [0.5, 0.6) is 0 Å². The zero-order valence-electron chi connectivity index (χ0n) is 18.0. The Morgan fingerprint density at radius 1 is 0.969 bits per heavy atom. The van der Waals surface area contributed by atoms with Gasteiger partial charge < -0.3 is 10.2 Å². The van der Waals surface area contributed by atoms with Crippen molar-refractivity contribution in [2.24, 2.45) is 0 Å². The molecule has 7 heteroatoms. The second-order valence-corrected chi connectivity index (χ2v) is 8.45. The molecule has 0 spiro atoms. The number of hydrogen-bond donors (Lipinski definition) is 1. The fourth-order valence-corrected chi connectivity index (χ4v) is 4.12. The third kappa shape index (κ3) is 5.64. The number of rotatable bonds is 7. The Morgan fingerprint density at radius 2 is 1.72 bits per heavy atom. The van der Waals surface area contributed by atoms with Crippen LogP contribution >= 0.6 is 11.6 Å². The molecular formula is C25H27ClN4O2. The molecule has 0 radical (unpaired) electrons. The van der Waals surface area contributed by atoms with E-state index in [4.69, 9.17) is 11.6 Å². The van der Waals surface area contributed by atoms with Gasteiger partial charge in [-0.25, -0.2) is 0 Å². The van der Waals surface area contributed by atoms with Gasteiger partial charge in [-0.3, -0.25) is 19.5 Å². The summed E-state index contributed by atoms with van der Waals surface area (Å²) in [7, 11) is 0. The van der Waals surface area contributed by atoms with Gasteiger partial charge in [-0.15, -0.1) is 0 Å². The topological polar surface area (TPSA) is 65.5 Å². The van der Waals surface area contributed by atoms with E-state index < -0.39 is 0 Å². The van der Waals surface area contributed by atoms with Gasteiger partial charge >= 0.3 is 0 Å². The Kier molecular flexibility index (Phi) is 7.35. The maximum absolute atomic E-state index is 12.6.